The first-order chi connectivity index (χ1) is 32.7. The Kier molecular flexibility index (Phi) is 42.6. The van der Waals surface area contributed by atoms with Gasteiger partial charge >= 0.3 is 0 Å². The summed E-state index contributed by atoms with van der Waals surface area (Å²) < 4.78 is 11.0. The van der Waals surface area contributed by atoms with Gasteiger partial charge in [0.2, 0.25) is 5.91 Å². The minimum atomic E-state index is -1.68. The Morgan fingerprint density at radius 2 is 0.896 bits per heavy atom. The highest BCUT2D eigenvalue weighted by Crippen LogP contribution is 2.23. The van der Waals surface area contributed by atoms with E-state index in [1.54, 1.807) is 0 Å². The summed E-state index contributed by atoms with van der Waals surface area (Å²) >= 11 is 0. The van der Waals surface area contributed by atoms with Gasteiger partial charge in [0, 0.05) is 0 Å². The van der Waals surface area contributed by atoms with Gasteiger partial charge in [-0.05, 0) is 83.5 Å². The summed E-state index contributed by atoms with van der Waals surface area (Å²) in [5, 5.41) is 75.5. The molecular formula is C56H103NO10. The van der Waals surface area contributed by atoms with Crippen LogP contribution in [-0.2, 0) is 14.3 Å². The van der Waals surface area contributed by atoms with Crippen molar-refractivity contribution in [2.75, 3.05) is 13.2 Å². The molecule has 1 aliphatic heterocycles. The van der Waals surface area contributed by atoms with Crippen LogP contribution < -0.4 is 5.32 Å². The number of aliphatic hydroxyl groups is 7. The average molecular weight is 950 g/mol. The van der Waals surface area contributed by atoms with Gasteiger partial charge in [0.05, 0.1) is 25.4 Å². The molecule has 9 unspecified atom stereocenters. The molecule has 67 heavy (non-hydrogen) atoms. The van der Waals surface area contributed by atoms with Crippen LogP contribution in [0.1, 0.15) is 232 Å². The summed E-state index contributed by atoms with van der Waals surface area (Å²) in [6, 6.07) is -1.21. The molecule has 1 amide bonds. The summed E-state index contributed by atoms with van der Waals surface area (Å²) in [5.74, 6) is -0.750. The molecule has 392 valence electrons. The van der Waals surface area contributed by atoms with Crippen LogP contribution in [0.3, 0.4) is 0 Å². The van der Waals surface area contributed by atoms with E-state index in [1.165, 1.54) is 148 Å². The zero-order valence-corrected chi connectivity index (χ0v) is 42.6. The molecule has 1 rings (SSSR count). The Balaban J connectivity index is 2.24. The van der Waals surface area contributed by atoms with Gasteiger partial charge in [0.25, 0.3) is 0 Å². The Morgan fingerprint density at radius 3 is 1.34 bits per heavy atom. The van der Waals surface area contributed by atoms with E-state index in [1.807, 2.05) is 12.2 Å². The summed E-state index contributed by atoms with van der Waals surface area (Å²) in [6.45, 7) is 3.35. The third-order valence-corrected chi connectivity index (χ3v) is 13.1. The number of ether oxygens (including phenoxy) is 2. The van der Waals surface area contributed by atoms with Crippen molar-refractivity contribution in [3.63, 3.8) is 0 Å². The molecule has 1 aliphatic rings. The number of carbonyl (C=O) groups excluding carboxylic acids is 1. The number of carbonyl (C=O) groups is 1. The topological polar surface area (TPSA) is 189 Å². The number of hydrogen-bond acceptors (Lipinski definition) is 10. The molecule has 0 aromatic rings. The summed E-state index contributed by atoms with van der Waals surface area (Å²) in [4.78, 5) is 13.0. The second kappa shape index (κ2) is 45.2. The third-order valence-electron chi connectivity index (χ3n) is 13.1. The second-order valence-corrected chi connectivity index (χ2v) is 19.3. The highest BCUT2D eigenvalue weighted by Gasteiger charge is 2.44. The number of nitrogens with one attached hydrogen (secondary N) is 1. The maximum absolute atomic E-state index is 13.0. The van der Waals surface area contributed by atoms with Gasteiger partial charge in [-0.15, -0.1) is 0 Å². The predicted octanol–water partition coefficient (Wildman–Crippen LogP) is 10.9. The van der Waals surface area contributed by atoms with Crippen LogP contribution >= 0.6 is 0 Å². The largest absolute Gasteiger partial charge is 0.394 e. The third kappa shape index (κ3) is 34.1. The molecule has 1 heterocycles. The van der Waals surface area contributed by atoms with Crippen LogP contribution in [0.5, 0.6) is 0 Å². The maximum atomic E-state index is 13.0. The van der Waals surface area contributed by atoms with Crippen LogP contribution in [0.4, 0.5) is 0 Å². The first kappa shape index (κ1) is 63.1. The fraction of sp³-hybridized carbons (Fsp3) is 0.839. The van der Waals surface area contributed by atoms with Crippen molar-refractivity contribution in [2.24, 2.45) is 0 Å². The van der Waals surface area contributed by atoms with Gasteiger partial charge in [-0.3, -0.25) is 4.79 Å². The van der Waals surface area contributed by atoms with Crippen LogP contribution in [0.25, 0.3) is 0 Å². The summed E-state index contributed by atoms with van der Waals surface area (Å²) in [6.07, 6.45) is 45.3. The van der Waals surface area contributed by atoms with Crippen LogP contribution in [-0.4, -0.2) is 110 Å². The molecule has 0 radical (unpaired) electrons. The summed E-state index contributed by atoms with van der Waals surface area (Å²) in [7, 11) is 0. The second-order valence-electron chi connectivity index (χ2n) is 19.3. The fourth-order valence-electron chi connectivity index (χ4n) is 8.53. The van der Waals surface area contributed by atoms with Crippen molar-refractivity contribution >= 4 is 5.91 Å². The van der Waals surface area contributed by atoms with E-state index in [0.29, 0.717) is 19.3 Å². The monoisotopic (exact) mass is 950 g/mol. The Bertz CT molecular complexity index is 1230. The molecule has 9 atom stereocenters. The van der Waals surface area contributed by atoms with Crippen molar-refractivity contribution in [3.05, 3.63) is 48.6 Å². The predicted molar refractivity (Wildman–Crippen MR) is 275 cm³/mol. The van der Waals surface area contributed by atoms with E-state index in [0.717, 1.165) is 38.5 Å². The normalized spacial score (nSPS) is 21.0. The standard InChI is InChI=1S/C56H103NO10/c1-3-5-7-9-11-13-14-15-16-17-18-19-20-21-22-23-24-25-26-27-28-29-30-31-32-33-34-35-36-38-39-41-43-48(59)51(61)47(46-66-56-54(64)53(63)52(62)50(45-58)67-56)57-55(65)49(60)44-42-40-37-12-10-8-6-4-2/h28-29,32-33,36-38,40,47-54,56,58-64H,3-27,30-31,34-35,39,41-46H2,1-2H3,(H,57,65)/b29-28+,33-32+,38-36+,40-37-. The zero-order valence-electron chi connectivity index (χ0n) is 42.6. The van der Waals surface area contributed by atoms with Crippen molar-refractivity contribution in [3.8, 4) is 0 Å². The smallest absolute Gasteiger partial charge is 0.249 e. The SMILES string of the molecule is CCCCCC/C=C\CCC(O)C(=O)NC(COC1OC(CO)C(O)C(O)C1O)C(O)C(O)CCC/C=C/CC/C=C/CC/C=C/CCCCCCCCCCCCCCCCCCCCC. The molecular weight excluding hydrogens is 847 g/mol. The lowest BCUT2D eigenvalue weighted by Crippen LogP contribution is -2.60. The van der Waals surface area contributed by atoms with Gasteiger partial charge in [-0.2, -0.15) is 0 Å². The van der Waals surface area contributed by atoms with E-state index in [2.05, 4.69) is 55.6 Å². The van der Waals surface area contributed by atoms with E-state index in [-0.39, 0.29) is 12.8 Å². The number of hydrogen-bond donors (Lipinski definition) is 8. The van der Waals surface area contributed by atoms with Crippen molar-refractivity contribution in [2.45, 2.75) is 287 Å². The highest BCUT2D eigenvalue weighted by molar-refractivity contribution is 5.80. The molecule has 0 aromatic heterocycles. The van der Waals surface area contributed by atoms with Crippen molar-refractivity contribution in [1.29, 1.82) is 0 Å². The van der Waals surface area contributed by atoms with Crippen LogP contribution in [0.15, 0.2) is 48.6 Å². The zero-order chi connectivity index (χ0) is 49.0. The molecule has 11 heteroatoms. The minimum Gasteiger partial charge on any atom is -0.394 e. The Labute approximate surface area is 409 Å². The Hall–Kier alpha value is -1.93. The fourth-order valence-corrected chi connectivity index (χ4v) is 8.53. The first-order valence-electron chi connectivity index (χ1n) is 27.5. The number of rotatable bonds is 46. The van der Waals surface area contributed by atoms with Crippen LogP contribution in [0.2, 0.25) is 0 Å². The lowest BCUT2D eigenvalue weighted by molar-refractivity contribution is -0.303. The number of unbranched alkanes of at least 4 members (excludes halogenated alkanes) is 26. The van der Waals surface area contributed by atoms with Crippen molar-refractivity contribution < 1.29 is 50.0 Å². The van der Waals surface area contributed by atoms with E-state index < -0.39 is 74.2 Å². The number of allylic oxidation sites excluding steroid dienone is 8. The molecule has 8 N–H and O–H groups in total. The van der Waals surface area contributed by atoms with Gasteiger partial charge in [0.15, 0.2) is 6.29 Å². The summed E-state index contributed by atoms with van der Waals surface area (Å²) in [5.41, 5.74) is 0. The van der Waals surface area contributed by atoms with Gasteiger partial charge in [-0.1, -0.05) is 197 Å². The number of aliphatic hydroxyl groups excluding tert-OH is 7. The van der Waals surface area contributed by atoms with E-state index in [4.69, 9.17) is 9.47 Å². The van der Waals surface area contributed by atoms with Crippen molar-refractivity contribution in [1.82, 2.24) is 5.32 Å². The first-order valence-corrected chi connectivity index (χ1v) is 27.5. The highest BCUT2D eigenvalue weighted by atomic mass is 16.7. The van der Waals surface area contributed by atoms with Gasteiger partial charge in [-0.25, -0.2) is 0 Å². The lowest BCUT2D eigenvalue weighted by atomic mass is 9.99. The molecule has 0 spiro atoms. The molecule has 1 saturated heterocycles. The van der Waals surface area contributed by atoms with Gasteiger partial charge in [0.1, 0.15) is 36.6 Å². The van der Waals surface area contributed by atoms with Gasteiger partial charge < -0.3 is 50.5 Å². The molecule has 1 fully saturated rings. The van der Waals surface area contributed by atoms with E-state index >= 15 is 0 Å². The molecule has 0 saturated carbocycles. The lowest BCUT2D eigenvalue weighted by Gasteiger charge is -2.40. The minimum absolute atomic E-state index is 0.162. The average Bonchev–Trinajstić information content (AvgIpc) is 3.33. The molecule has 0 bridgehead atoms. The number of amides is 1. The Morgan fingerprint density at radius 1 is 0.507 bits per heavy atom. The molecule has 0 aromatic carbocycles. The van der Waals surface area contributed by atoms with E-state index in [9.17, 15) is 40.5 Å². The molecule has 11 nitrogen and oxygen atoms in total. The quantitative estimate of drug-likeness (QED) is 0.0215. The molecule has 0 aliphatic carbocycles. The van der Waals surface area contributed by atoms with Crippen LogP contribution in [0, 0.1) is 0 Å². The maximum Gasteiger partial charge on any atom is 0.249 e.